The summed E-state index contributed by atoms with van der Waals surface area (Å²) in [7, 11) is 0. The van der Waals surface area contributed by atoms with E-state index in [0.717, 1.165) is 19.5 Å². The van der Waals surface area contributed by atoms with E-state index in [1.807, 2.05) is 17.2 Å². The standard InChI is InChI=1S/C11H15ClN2OS/c1-7(13)8-2-4-14(6-8)11(15)10-9(12)3-5-16-10/h3,5,7-8H,2,4,6,13H2,1H3. The summed E-state index contributed by atoms with van der Waals surface area (Å²) in [5.41, 5.74) is 5.85. The first kappa shape index (κ1) is 11.9. The molecule has 0 aliphatic carbocycles. The number of amides is 1. The topological polar surface area (TPSA) is 46.3 Å². The van der Waals surface area contributed by atoms with E-state index >= 15 is 0 Å². The fourth-order valence-electron chi connectivity index (χ4n) is 1.99. The number of carbonyl (C=O) groups is 1. The molecule has 0 aromatic carbocycles. The summed E-state index contributed by atoms with van der Waals surface area (Å²) in [6.07, 6.45) is 0.992. The van der Waals surface area contributed by atoms with E-state index in [4.69, 9.17) is 17.3 Å². The number of hydrogen-bond acceptors (Lipinski definition) is 3. The smallest absolute Gasteiger partial charge is 0.265 e. The Morgan fingerprint density at radius 1 is 1.75 bits per heavy atom. The van der Waals surface area contributed by atoms with Crippen LogP contribution in [0.25, 0.3) is 0 Å². The molecule has 1 fully saturated rings. The summed E-state index contributed by atoms with van der Waals surface area (Å²) in [6, 6.07) is 1.91. The summed E-state index contributed by atoms with van der Waals surface area (Å²) in [5.74, 6) is 0.464. The van der Waals surface area contributed by atoms with Gasteiger partial charge in [-0.1, -0.05) is 11.6 Å². The second kappa shape index (κ2) is 4.73. The quantitative estimate of drug-likeness (QED) is 0.884. The molecule has 1 amide bonds. The lowest BCUT2D eigenvalue weighted by Gasteiger charge is -2.17. The molecule has 1 aliphatic heterocycles. The number of hydrogen-bond donors (Lipinski definition) is 1. The molecule has 0 radical (unpaired) electrons. The number of rotatable bonds is 2. The van der Waals surface area contributed by atoms with Crippen molar-refractivity contribution >= 4 is 28.8 Å². The zero-order valence-electron chi connectivity index (χ0n) is 9.15. The van der Waals surface area contributed by atoms with Crippen LogP contribution in [0.2, 0.25) is 5.02 Å². The molecule has 2 heterocycles. The predicted molar refractivity (Wildman–Crippen MR) is 67.0 cm³/mol. The van der Waals surface area contributed by atoms with Gasteiger partial charge in [-0.3, -0.25) is 4.79 Å². The molecular weight excluding hydrogens is 244 g/mol. The van der Waals surface area contributed by atoms with Crippen LogP contribution in [0.5, 0.6) is 0 Å². The van der Waals surface area contributed by atoms with Crippen LogP contribution < -0.4 is 5.73 Å². The zero-order valence-corrected chi connectivity index (χ0v) is 10.7. The van der Waals surface area contributed by atoms with Crippen molar-refractivity contribution in [3.05, 3.63) is 21.3 Å². The van der Waals surface area contributed by atoms with Gasteiger partial charge in [-0.2, -0.15) is 0 Å². The van der Waals surface area contributed by atoms with Crippen LogP contribution in [-0.2, 0) is 0 Å². The minimum Gasteiger partial charge on any atom is -0.338 e. The molecule has 88 valence electrons. The van der Waals surface area contributed by atoms with Crippen LogP contribution in [0.15, 0.2) is 11.4 Å². The van der Waals surface area contributed by atoms with Gasteiger partial charge in [-0.15, -0.1) is 11.3 Å². The normalized spacial score (nSPS) is 22.4. The summed E-state index contributed by atoms with van der Waals surface area (Å²) >= 11 is 7.35. The highest BCUT2D eigenvalue weighted by atomic mass is 35.5. The Labute approximate surface area is 104 Å². The van der Waals surface area contributed by atoms with Crippen LogP contribution in [0.1, 0.15) is 23.0 Å². The van der Waals surface area contributed by atoms with Crippen LogP contribution in [0, 0.1) is 5.92 Å². The zero-order chi connectivity index (χ0) is 11.7. The van der Waals surface area contributed by atoms with E-state index in [2.05, 4.69) is 0 Å². The predicted octanol–water partition coefficient (Wildman–Crippen LogP) is 2.21. The molecule has 16 heavy (non-hydrogen) atoms. The first-order chi connectivity index (χ1) is 7.59. The summed E-state index contributed by atoms with van der Waals surface area (Å²) in [5, 5.41) is 2.40. The van der Waals surface area contributed by atoms with Gasteiger partial charge in [0.2, 0.25) is 0 Å². The van der Waals surface area contributed by atoms with Gasteiger partial charge in [-0.05, 0) is 30.7 Å². The highest BCUT2D eigenvalue weighted by Crippen LogP contribution is 2.27. The van der Waals surface area contributed by atoms with Gasteiger partial charge in [-0.25, -0.2) is 0 Å². The summed E-state index contributed by atoms with van der Waals surface area (Å²) in [4.78, 5) is 14.6. The number of likely N-dealkylation sites (tertiary alicyclic amines) is 1. The maximum Gasteiger partial charge on any atom is 0.265 e. The average Bonchev–Trinajstić information content (AvgIpc) is 2.84. The molecule has 0 bridgehead atoms. The molecule has 1 aromatic heterocycles. The molecule has 1 aliphatic rings. The second-order valence-corrected chi connectivity index (χ2v) is 5.58. The van der Waals surface area contributed by atoms with Gasteiger partial charge in [0.15, 0.2) is 0 Å². The average molecular weight is 259 g/mol. The van der Waals surface area contributed by atoms with Crippen molar-refractivity contribution in [1.82, 2.24) is 4.90 Å². The maximum absolute atomic E-state index is 12.1. The Bertz CT molecular complexity index is 391. The SMILES string of the molecule is CC(N)C1CCN(C(=O)c2sccc2Cl)C1. The number of nitrogens with zero attached hydrogens (tertiary/aromatic N) is 1. The lowest BCUT2D eigenvalue weighted by molar-refractivity contribution is 0.0791. The third-order valence-corrected chi connectivity index (χ3v) is 4.40. The summed E-state index contributed by atoms with van der Waals surface area (Å²) < 4.78 is 0. The first-order valence-corrected chi connectivity index (χ1v) is 6.63. The van der Waals surface area contributed by atoms with Gasteiger partial charge in [0, 0.05) is 19.1 Å². The highest BCUT2D eigenvalue weighted by molar-refractivity contribution is 7.12. The molecule has 2 rings (SSSR count). The number of halogens is 1. The second-order valence-electron chi connectivity index (χ2n) is 4.26. The van der Waals surface area contributed by atoms with Crippen molar-refractivity contribution in [2.24, 2.45) is 11.7 Å². The number of carbonyl (C=O) groups excluding carboxylic acids is 1. The van der Waals surface area contributed by atoms with E-state index in [-0.39, 0.29) is 11.9 Å². The molecule has 2 atom stereocenters. The van der Waals surface area contributed by atoms with Crippen molar-refractivity contribution in [2.45, 2.75) is 19.4 Å². The van der Waals surface area contributed by atoms with Gasteiger partial charge in [0.1, 0.15) is 4.88 Å². The lowest BCUT2D eigenvalue weighted by atomic mass is 10.0. The van der Waals surface area contributed by atoms with Crippen LogP contribution >= 0.6 is 22.9 Å². The first-order valence-electron chi connectivity index (χ1n) is 5.37. The van der Waals surface area contributed by atoms with Crippen LogP contribution in [0.3, 0.4) is 0 Å². The number of thiophene rings is 1. The van der Waals surface area contributed by atoms with Crippen molar-refractivity contribution in [3.8, 4) is 0 Å². The minimum absolute atomic E-state index is 0.0446. The Balaban J connectivity index is 2.05. The van der Waals surface area contributed by atoms with Crippen molar-refractivity contribution in [1.29, 1.82) is 0 Å². The van der Waals surface area contributed by atoms with Crippen molar-refractivity contribution in [2.75, 3.05) is 13.1 Å². The molecular formula is C11H15ClN2OS. The number of nitrogens with two attached hydrogens (primary N) is 1. The lowest BCUT2D eigenvalue weighted by Crippen LogP contribution is -2.32. The third-order valence-electron chi connectivity index (χ3n) is 3.07. The third kappa shape index (κ3) is 2.24. The van der Waals surface area contributed by atoms with E-state index in [1.165, 1.54) is 11.3 Å². The summed E-state index contributed by atoms with van der Waals surface area (Å²) in [6.45, 7) is 3.54. The van der Waals surface area contributed by atoms with Gasteiger partial charge >= 0.3 is 0 Å². The molecule has 0 spiro atoms. The molecule has 2 unspecified atom stereocenters. The van der Waals surface area contributed by atoms with Gasteiger partial charge in [0.05, 0.1) is 5.02 Å². The largest absolute Gasteiger partial charge is 0.338 e. The van der Waals surface area contributed by atoms with Crippen LogP contribution in [0.4, 0.5) is 0 Å². The van der Waals surface area contributed by atoms with Crippen LogP contribution in [-0.4, -0.2) is 29.9 Å². The van der Waals surface area contributed by atoms with E-state index < -0.39 is 0 Å². The Morgan fingerprint density at radius 2 is 2.50 bits per heavy atom. The molecule has 2 N–H and O–H groups in total. The monoisotopic (exact) mass is 258 g/mol. The van der Waals surface area contributed by atoms with E-state index in [9.17, 15) is 4.79 Å². The minimum atomic E-state index is 0.0446. The molecule has 1 saturated heterocycles. The van der Waals surface area contributed by atoms with Gasteiger partial charge in [0.25, 0.3) is 5.91 Å². The molecule has 5 heteroatoms. The van der Waals surface area contributed by atoms with Crippen molar-refractivity contribution in [3.63, 3.8) is 0 Å². The highest BCUT2D eigenvalue weighted by Gasteiger charge is 2.30. The fourth-order valence-corrected chi connectivity index (χ4v) is 3.09. The van der Waals surface area contributed by atoms with Gasteiger partial charge < -0.3 is 10.6 Å². The Hall–Kier alpha value is -0.580. The van der Waals surface area contributed by atoms with Crippen molar-refractivity contribution < 1.29 is 4.79 Å². The molecule has 0 saturated carbocycles. The molecule has 3 nitrogen and oxygen atoms in total. The Morgan fingerprint density at radius 3 is 3.00 bits per heavy atom. The fraction of sp³-hybridized carbons (Fsp3) is 0.545. The van der Waals surface area contributed by atoms with E-state index in [1.54, 1.807) is 6.07 Å². The van der Waals surface area contributed by atoms with E-state index in [0.29, 0.717) is 15.8 Å². The maximum atomic E-state index is 12.1. The Kier molecular flexibility index (Phi) is 3.52. The molecule has 1 aromatic rings.